The van der Waals surface area contributed by atoms with Crippen molar-refractivity contribution in [3.8, 4) is 5.40 Å². The minimum absolute atomic E-state index is 0.151. The lowest BCUT2D eigenvalue weighted by Crippen LogP contribution is -2.01. The van der Waals surface area contributed by atoms with Crippen molar-refractivity contribution in [2.45, 2.75) is 18.1 Å². The van der Waals surface area contributed by atoms with Crippen LogP contribution in [-0.2, 0) is 12.8 Å². The largest absolute Gasteiger partial charge is 0.261 e. The van der Waals surface area contributed by atoms with Crippen molar-refractivity contribution in [1.29, 1.82) is 5.26 Å². The van der Waals surface area contributed by atoms with Gasteiger partial charge in [-0.15, -0.1) is 0 Å². The number of thioether (sulfide) groups is 1. The molecule has 1 atom stereocenters. The van der Waals surface area contributed by atoms with Crippen molar-refractivity contribution in [3.63, 3.8) is 0 Å². The first kappa shape index (κ1) is 12.2. The fraction of sp³-hybridized carbons (Fsp3) is 0.200. The van der Waals surface area contributed by atoms with Gasteiger partial charge in [0.05, 0.1) is 5.25 Å². The molecule has 1 aromatic carbocycles. The van der Waals surface area contributed by atoms with E-state index in [0.717, 1.165) is 47.0 Å². The molecular formula is C15H11FN2S. The third-order valence-corrected chi connectivity index (χ3v) is 4.25. The van der Waals surface area contributed by atoms with Gasteiger partial charge in [0, 0.05) is 11.9 Å². The molecule has 1 unspecified atom stereocenters. The number of nitriles is 1. The van der Waals surface area contributed by atoms with Gasteiger partial charge < -0.3 is 0 Å². The molecule has 0 saturated heterocycles. The number of aryl methyl sites for hydroxylation is 2. The summed E-state index contributed by atoms with van der Waals surface area (Å²) < 4.78 is 13.5. The van der Waals surface area contributed by atoms with Crippen LogP contribution in [0.5, 0.6) is 0 Å². The number of nitrogens with zero attached hydrogens (tertiary/aromatic N) is 2. The Morgan fingerprint density at radius 3 is 3.00 bits per heavy atom. The van der Waals surface area contributed by atoms with E-state index in [4.69, 9.17) is 5.26 Å². The predicted molar refractivity (Wildman–Crippen MR) is 73.1 cm³/mol. The van der Waals surface area contributed by atoms with E-state index in [-0.39, 0.29) is 11.1 Å². The first-order chi connectivity index (χ1) is 9.29. The minimum atomic E-state index is -0.255. The van der Waals surface area contributed by atoms with E-state index in [9.17, 15) is 4.39 Å². The molecule has 2 aromatic rings. The van der Waals surface area contributed by atoms with Crippen LogP contribution in [0.1, 0.15) is 27.6 Å². The molecule has 1 aromatic heterocycles. The summed E-state index contributed by atoms with van der Waals surface area (Å²) in [5.41, 5.74) is 4.04. The van der Waals surface area contributed by atoms with Gasteiger partial charge in [-0.25, -0.2) is 4.39 Å². The number of aromatic nitrogens is 1. The molecule has 94 valence electrons. The number of hydrogen-bond acceptors (Lipinski definition) is 3. The Labute approximate surface area is 115 Å². The fourth-order valence-electron chi connectivity index (χ4n) is 2.54. The summed E-state index contributed by atoms with van der Waals surface area (Å²) in [5, 5.41) is 11.0. The van der Waals surface area contributed by atoms with Crippen LogP contribution in [0.2, 0.25) is 0 Å². The van der Waals surface area contributed by atoms with Crippen LogP contribution in [0.4, 0.5) is 4.39 Å². The zero-order valence-corrected chi connectivity index (χ0v) is 11.0. The van der Waals surface area contributed by atoms with Gasteiger partial charge >= 0.3 is 0 Å². The highest BCUT2D eigenvalue weighted by Crippen LogP contribution is 2.40. The number of hydrogen-bond donors (Lipinski definition) is 0. The molecular weight excluding hydrogens is 259 g/mol. The Kier molecular flexibility index (Phi) is 3.22. The molecule has 0 fully saturated rings. The van der Waals surface area contributed by atoms with Crippen molar-refractivity contribution in [2.75, 3.05) is 0 Å². The number of halogens is 1. The smallest absolute Gasteiger partial charge is 0.134 e. The quantitative estimate of drug-likeness (QED) is 0.743. The first-order valence-electron chi connectivity index (χ1n) is 6.06. The lowest BCUT2D eigenvalue weighted by atomic mass is 10.0. The van der Waals surface area contributed by atoms with Crippen LogP contribution >= 0.6 is 11.8 Å². The lowest BCUT2D eigenvalue weighted by Gasteiger charge is -2.16. The average molecular weight is 270 g/mol. The number of benzene rings is 1. The molecule has 1 aliphatic carbocycles. The van der Waals surface area contributed by atoms with Gasteiger partial charge in [0.25, 0.3) is 0 Å². The summed E-state index contributed by atoms with van der Waals surface area (Å²) in [4.78, 5) is 4.40. The van der Waals surface area contributed by atoms with E-state index >= 15 is 0 Å². The Balaban J connectivity index is 2.20. The number of thiocyanates is 1. The Morgan fingerprint density at radius 2 is 2.16 bits per heavy atom. The van der Waals surface area contributed by atoms with E-state index in [0.29, 0.717) is 0 Å². The summed E-state index contributed by atoms with van der Waals surface area (Å²) in [6, 6.07) is 8.70. The van der Waals surface area contributed by atoms with Crippen LogP contribution in [0.15, 0.2) is 36.5 Å². The first-order valence-corrected chi connectivity index (χ1v) is 6.94. The van der Waals surface area contributed by atoms with Gasteiger partial charge in [0.15, 0.2) is 0 Å². The maximum Gasteiger partial charge on any atom is 0.134 e. The van der Waals surface area contributed by atoms with Crippen LogP contribution < -0.4 is 0 Å². The van der Waals surface area contributed by atoms with E-state index in [1.165, 1.54) is 6.07 Å². The summed E-state index contributed by atoms with van der Waals surface area (Å²) in [7, 11) is 0. The molecule has 3 rings (SSSR count). The zero-order chi connectivity index (χ0) is 13.2. The highest BCUT2D eigenvalue weighted by molar-refractivity contribution is 8.04. The zero-order valence-electron chi connectivity index (χ0n) is 10.1. The molecule has 0 spiro atoms. The van der Waals surface area contributed by atoms with Gasteiger partial charge in [-0.2, -0.15) is 5.26 Å². The summed E-state index contributed by atoms with van der Waals surface area (Å²) >= 11 is 1.16. The van der Waals surface area contributed by atoms with Crippen molar-refractivity contribution in [1.82, 2.24) is 4.98 Å². The minimum Gasteiger partial charge on any atom is -0.261 e. The van der Waals surface area contributed by atoms with E-state index in [1.54, 1.807) is 12.3 Å². The van der Waals surface area contributed by atoms with Crippen LogP contribution in [0.25, 0.3) is 0 Å². The van der Waals surface area contributed by atoms with Crippen molar-refractivity contribution >= 4 is 11.8 Å². The molecule has 2 nitrogen and oxygen atoms in total. The Hall–Kier alpha value is -1.86. The third-order valence-electron chi connectivity index (χ3n) is 3.40. The second-order valence-electron chi connectivity index (χ2n) is 4.47. The SMILES string of the molecule is N#CSC1c2cc(F)ccc2CCc2ncccc21. The lowest BCUT2D eigenvalue weighted by molar-refractivity contribution is 0.625. The maximum absolute atomic E-state index is 13.5. The van der Waals surface area contributed by atoms with E-state index < -0.39 is 0 Å². The van der Waals surface area contributed by atoms with Crippen LogP contribution in [0.3, 0.4) is 0 Å². The second kappa shape index (κ2) is 5.02. The molecule has 0 amide bonds. The van der Waals surface area contributed by atoms with E-state index in [2.05, 4.69) is 10.4 Å². The van der Waals surface area contributed by atoms with Gasteiger partial charge in [-0.3, -0.25) is 4.98 Å². The molecule has 0 saturated carbocycles. The number of rotatable bonds is 1. The normalized spacial score (nSPS) is 16.9. The van der Waals surface area contributed by atoms with Crippen LogP contribution in [-0.4, -0.2) is 4.98 Å². The maximum atomic E-state index is 13.5. The Bertz CT molecular complexity index is 663. The van der Waals surface area contributed by atoms with Crippen molar-refractivity contribution in [2.24, 2.45) is 0 Å². The molecule has 4 heteroatoms. The van der Waals surface area contributed by atoms with Crippen LogP contribution in [0, 0.1) is 16.5 Å². The standard InChI is InChI=1S/C15H11FN2S/c16-11-5-3-10-4-6-14-12(2-1-7-18-14)15(19-9-17)13(10)8-11/h1-3,5,7-8,15H,4,6H2. The number of pyridine rings is 1. The van der Waals surface area contributed by atoms with Gasteiger partial charge in [-0.05, 0) is 59.5 Å². The van der Waals surface area contributed by atoms with E-state index in [1.807, 2.05) is 18.2 Å². The monoisotopic (exact) mass is 270 g/mol. The van der Waals surface area contributed by atoms with Gasteiger partial charge in [0.1, 0.15) is 11.2 Å². The number of fused-ring (bicyclic) bond motifs is 2. The predicted octanol–water partition coefficient (Wildman–Crippen LogP) is 3.62. The summed E-state index contributed by atoms with van der Waals surface area (Å²) in [6.45, 7) is 0. The molecule has 0 bridgehead atoms. The van der Waals surface area contributed by atoms with Gasteiger partial charge in [-0.1, -0.05) is 12.1 Å². The third kappa shape index (κ3) is 2.22. The average Bonchev–Trinajstić information content (AvgIpc) is 2.58. The highest BCUT2D eigenvalue weighted by Gasteiger charge is 2.25. The summed E-state index contributed by atoms with van der Waals surface area (Å²) in [6.07, 6.45) is 3.43. The molecule has 19 heavy (non-hydrogen) atoms. The van der Waals surface area contributed by atoms with Crippen molar-refractivity contribution < 1.29 is 4.39 Å². The second-order valence-corrected chi connectivity index (χ2v) is 5.36. The molecule has 0 N–H and O–H groups in total. The molecule has 1 aliphatic rings. The molecule has 0 aliphatic heterocycles. The summed E-state index contributed by atoms with van der Waals surface area (Å²) in [5.74, 6) is -0.255. The molecule has 0 radical (unpaired) electrons. The van der Waals surface area contributed by atoms with Crippen molar-refractivity contribution in [3.05, 3.63) is 64.7 Å². The highest BCUT2D eigenvalue weighted by atomic mass is 32.2. The molecule has 1 heterocycles. The fourth-order valence-corrected chi connectivity index (χ4v) is 3.33. The Morgan fingerprint density at radius 1 is 1.26 bits per heavy atom. The topological polar surface area (TPSA) is 36.7 Å². The van der Waals surface area contributed by atoms with Gasteiger partial charge in [0.2, 0.25) is 0 Å².